The molecular formula is C36H38S2. The van der Waals surface area contributed by atoms with E-state index in [4.69, 9.17) is 0 Å². The van der Waals surface area contributed by atoms with Crippen LogP contribution in [0.3, 0.4) is 0 Å². The summed E-state index contributed by atoms with van der Waals surface area (Å²) in [7, 11) is 0. The first-order valence-electron chi connectivity index (χ1n) is 15.1. The Morgan fingerprint density at radius 2 is 0.947 bits per heavy atom. The third-order valence-corrected chi connectivity index (χ3v) is 11.4. The molecule has 0 unspecified atom stereocenters. The van der Waals surface area contributed by atoms with Gasteiger partial charge in [0, 0.05) is 40.7 Å². The van der Waals surface area contributed by atoms with Crippen LogP contribution in [0.2, 0.25) is 0 Å². The molecule has 7 rings (SSSR count). The molecule has 0 aliphatic rings. The topological polar surface area (TPSA) is 0 Å². The maximum atomic E-state index is 2.54. The van der Waals surface area contributed by atoms with E-state index in [9.17, 15) is 0 Å². The molecule has 5 aromatic carbocycles. The van der Waals surface area contributed by atoms with Gasteiger partial charge in [-0.15, -0.1) is 22.7 Å². The number of fused-ring (bicyclic) bond motifs is 8. The molecule has 2 heterocycles. The van der Waals surface area contributed by atoms with Crippen molar-refractivity contribution in [2.75, 3.05) is 0 Å². The minimum atomic E-state index is 1.11. The zero-order chi connectivity index (χ0) is 25.6. The maximum Gasteiger partial charge on any atom is 0.0437 e. The van der Waals surface area contributed by atoms with E-state index in [1.54, 1.807) is 4.88 Å². The number of benzene rings is 3. The van der Waals surface area contributed by atoms with Gasteiger partial charge in [-0.1, -0.05) is 108 Å². The first-order chi connectivity index (χ1) is 18.8. The lowest BCUT2D eigenvalue weighted by atomic mass is 9.97. The van der Waals surface area contributed by atoms with Crippen molar-refractivity contribution >= 4 is 85.9 Å². The molecule has 194 valence electrons. The van der Waals surface area contributed by atoms with Gasteiger partial charge in [0.1, 0.15) is 0 Å². The lowest BCUT2D eigenvalue weighted by Gasteiger charge is -2.07. The second kappa shape index (κ2) is 10.3. The Labute approximate surface area is 234 Å². The highest BCUT2D eigenvalue weighted by atomic mass is 32.1. The van der Waals surface area contributed by atoms with Gasteiger partial charge < -0.3 is 0 Å². The van der Waals surface area contributed by atoms with Crippen LogP contribution in [0.5, 0.6) is 0 Å². The lowest BCUT2D eigenvalue weighted by Crippen LogP contribution is -1.84. The molecule has 0 nitrogen and oxygen atoms in total. The number of thiophene rings is 2. The molecule has 0 saturated heterocycles. The number of hydrogen-bond donors (Lipinski definition) is 0. The Bertz CT molecular complexity index is 1850. The van der Waals surface area contributed by atoms with E-state index in [0.29, 0.717) is 0 Å². The highest BCUT2D eigenvalue weighted by molar-refractivity contribution is 7.21. The highest BCUT2D eigenvalue weighted by Gasteiger charge is 2.23. The molecule has 2 heteroatoms. The molecular weight excluding hydrogens is 497 g/mol. The minimum absolute atomic E-state index is 1.11. The van der Waals surface area contributed by atoms with Gasteiger partial charge in [0.2, 0.25) is 0 Å². The molecule has 0 aliphatic carbocycles. The van der Waals surface area contributed by atoms with E-state index >= 15 is 0 Å². The van der Waals surface area contributed by atoms with Crippen molar-refractivity contribution < 1.29 is 0 Å². The summed E-state index contributed by atoms with van der Waals surface area (Å²) >= 11 is 4.08. The zero-order valence-corrected chi connectivity index (χ0v) is 24.6. The fourth-order valence-corrected chi connectivity index (χ4v) is 9.44. The molecule has 2 aromatic heterocycles. The molecule has 0 fully saturated rings. The van der Waals surface area contributed by atoms with Gasteiger partial charge in [0.25, 0.3) is 0 Å². The second-order valence-electron chi connectivity index (χ2n) is 11.4. The van der Waals surface area contributed by atoms with E-state index in [1.165, 1.54) is 139 Å². The van der Waals surface area contributed by atoms with Crippen molar-refractivity contribution in [1.29, 1.82) is 0 Å². The van der Waals surface area contributed by atoms with E-state index in [2.05, 4.69) is 73.7 Å². The largest absolute Gasteiger partial charge is 0.140 e. The van der Waals surface area contributed by atoms with Crippen LogP contribution in [0.1, 0.15) is 87.8 Å². The average Bonchev–Trinajstić information content (AvgIpc) is 3.68. The number of aryl methyl sites for hydroxylation is 2. The van der Waals surface area contributed by atoms with Crippen LogP contribution >= 0.6 is 22.7 Å². The predicted octanol–water partition coefficient (Wildman–Crippen LogP) is 12.6. The molecule has 0 amide bonds. The predicted molar refractivity (Wildman–Crippen MR) is 175 cm³/mol. The first-order valence-corrected chi connectivity index (χ1v) is 16.7. The molecule has 7 aromatic rings. The number of rotatable bonds is 12. The minimum Gasteiger partial charge on any atom is -0.140 e. The van der Waals surface area contributed by atoms with Crippen LogP contribution in [0.25, 0.3) is 63.3 Å². The Morgan fingerprint density at radius 3 is 1.50 bits per heavy atom. The quantitative estimate of drug-likeness (QED) is 0.108. The van der Waals surface area contributed by atoms with Crippen molar-refractivity contribution in [3.8, 4) is 0 Å². The SMILES string of the molecule is CCCCCCCCCCCCc1cc2c3cccc4c3c(c3cccc5c6cc(CC)sc6c4c53)c2s1. The Morgan fingerprint density at radius 1 is 0.474 bits per heavy atom. The number of unbranched alkanes of at least 4 members (excludes halogenated alkanes) is 9. The Balaban J connectivity index is 1.21. The van der Waals surface area contributed by atoms with E-state index in [1.807, 2.05) is 11.3 Å². The van der Waals surface area contributed by atoms with Gasteiger partial charge in [-0.05, 0) is 63.7 Å². The van der Waals surface area contributed by atoms with Crippen molar-refractivity contribution in [3.63, 3.8) is 0 Å². The summed E-state index contributed by atoms with van der Waals surface area (Å²) in [4.78, 5) is 3.07. The Kier molecular flexibility index (Phi) is 6.66. The van der Waals surface area contributed by atoms with Gasteiger partial charge in [0.05, 0.1) is 0 Å². The van der Waals surface area contributed by atoms with Crippen LogP contribution in [-0.2, 0) is 12.8 Å². The highest BCUT2D eigenvalue weighted by Crippen LogP contribution is 2.52. The van der Waals surface area contributed by atoms with Gasteiger partial charge in [0.15, 0.2) is 0 Å². The van der Waals surface area contributed by atoms with Gasteiger partial charge in [-0.3, -0.25) is 0 Å². The molecule has 0 atom stereocenters. The maximum absolute atomic E-state index is 2.54. The fourth-order valence-electron chi connectivity index (χ4n) is 6.99. The summed E-state index contributed by atoms with van der Waals surface area (Å²) in [5.74, 6) is 0. The van der Waals surface area contributed by atoms with E-state index in [0.717, 1.165) is 6.42 Å². The first kappa shape index (κ1) is 24.6. The van der Waals surface area contributed by atoms with Crippen LogP contribution in [0, 0.1) is 0 Å². The Hall–Kier alpha value is -2.42. The van der Waals surface area contributed by atoms with E-state index < -0.39 is 0 Å². The molecule has 0 radical (unpaired) electrons. The van der Waals surface area contributed by atoms with Gasteiger partial charge in [-0.25, -0.2) is 0 Å². The number of hydrogen-bond acceptors (Lipinski definition) is 2. The molecule has 38 heavy (non-hydrogen) atoms. The molecule has 0 bridgehead atoms. The summed E-state index contributed by atoms with van der Waals surface area (Å²) < 4.78 is 3.01. The van der Waals surface area contributed by atoms with Crippen LogP contribution in [0.4, 0.5) is 0 Å². The molecule has 0 saturated carbocycles. The van der Waals surface area contributed by atoms with Crippen molar-refractivity contribution in [1.82, 2.24) is 0 Å². The summed E-state index contributed by atoms with van der Waals surface area (Å²) in [6, 6.07) is 19.1. The normalized spacial score (nSPS) is 12.7. The molecule has 0 N–H and O–H groups in total. The van der Waals surface area contributed by atoms with Gasteiger partial charge >= 0.3 is 0 Å². The zero-order valence-electron chi connectivity index (χ0n) is 22.9. The third kappa shape index (κ3) is 3.90. The molecule has 0 spiro atoms. The standard InChI is InChI=1S/C36H38S2/c1-3-5-6-7-8-9-10-11-12-13-16-24-22-30-26-18-15-19-27-32(26)34(36(30)38-24)28-20-14-17-25-29-21-23(4-2)37-35(29)33(27)31(25)28/h14-15,17-22H,3-13,16H2,1-2H3. The van der Waals surface area contributed by atoms with Crippen molar-refractivity contribution in [3.05, 3.63) is 58.3 Å². The van der Waals surface area contributed by atoms with Gasteiger partial charge in [-0.2, -0.15) is 0 Å². The lowest BCUT2D eigenvalue weighted by molar-refractivity contribution is 0.557. The van der Waals surface area contributed by atoms with Crippen molar-refractivity contribution in [2.45, 2.75) is 90.9 Å². The second-order valence-corrected chi connectivity index (χ2v) is 13.7. The smallest absolute Gasteiger partial charge is 0.0437 e. The summed E-state index contributed by atoms with van der Waals surface area (Å²) in [5.41, 5.74) is 0. The van der Waals surface area contributed by atoms with Crippen molar-refractivity contribution in [2.24, 2.45) is 0 Å². The molecule has 0 aliphatic heterocycles. The van der Waals surface area contributed by atoms with E-state index in [-0.39, 0.29) is 0 Å². The third-order valence-electron chi connectivity index (χ3n) is 8.89. The van der Waals surface area contributed by atoms with Crippen LogP contribution in [-0.4, -0.2) is 0 Å². The monoisotopic (exact) mass is 534 g/mol. The summed E-state index contributed by atoms with van der Waals surface area (Å²) in [5, 5.41) is 14.8. The fraction of sp³-hybridized carbons (Fsp3) is 0.389. The van der Waals surface area contributed by atoms with Crippen LogP contribution < -0.4 is 0 Å². The summed E-state index contributed by atoms with van der Waals surface area (Å²) in [6.45, 7) is 4.58. The summed E-state index contributed by atoms with van der Waals surface area (Å²) in [6.07, 6.45) is 16.4. The average molecular weight is 535 g/mol. The van der Waals surface area contributed by atoms with Crippen LogP contribution in [0.15, 0.2) is 48.5 Å².